The quantitative estimate of drug-likeness (QED) is 0.516. The average molecular weight is 313 g/mol. The van der Waals surface area contributed by atoms with Crippen molar-refractivity contribution in [2.24, 2.45) is 5.73 Å². The number of hydrogen-bond donors (Lipinski definition) is 1. The van der Waals surface area contributed by atoms with E-state index in [1.807, 2.05) is 0 Å². The minimum atomic E-state index is -0.860. The molecular formula is C13H13ClN2O5. The molecule has 0 aromatic heterocycles. The van der Waals surface area contributed by atoms with Crippen LogP contribution < -0.4 is 10.5 Å². The first-order chi connectivity index (χ1) is 9.93. The summed E-state index contributed by atoms with van der Waals surface area (Å²) < 4.78 is 10.3. The number of carbonyl (C=O) groups excluding carboxylic acids is 1. The molecule has 1 atom stereocenters. The molecule has 0 aliphatic carbocycles. The van der Waals surface area contributed by atoms with Gasteiger partial charge in [0.25, 0.3) is 0 Å². The van der Waals surface area contributed by atoms with Crippen molar-refractivity contribution in [1.29, 1.82) is 0 Å². The van der Waals surface area contributed by atoms with E-state index in [0.29, 0.717) is 16.3 Å². The van der Waals surface area contributed by atoms with Crippen molar-refractivity contribution in [3.63, 3.8) is 0 Å². The van der Waals surface area contributed by atoms with Crippen molar-refractivity contribution in [3.8, 4) is 5.75 Å². The maximum atomic E-state index is 12.0. The SMILES string of the molecule is CCOC(=O)C1=C(N)Oc2ccc(Cl)cc2C1C[N+](=O)[O-]. The summed E-state index contributed by atoms with van der Waals surface area (Å²) in [5.41, 5.74) is 6.12. The second kappa shape index (κ2) is 6.01. The number of ether oxygens (including phenoxy) is 2. The number of fused-ring (bicyclic) bond motifs is 1. The number of esters is 1. The molecule has 0 saturated carbocycles. The molecule has 0 saturated heterocycles. The van der Waals surface area contributed by atoms with Crippen LogP contribution in [0.25, 0.3) is 0 Å². The monoisotopic (exact) mass is 312 g/mol. The Labute approximate surface area is 125 Å². The van der Waals surface area contributed by atoms with Gasteiger partial charge < -0.3 is 15.2 Å². The summed E-state index contributed by atoms with van der Waals surface area (Å²) in [7, 11) is 0. The highest BCUT2D eigenvalue weighted by Crippen LogP contribution is 2.39. The topological polar surface area (TPSA) is 105 Å². The molecule has 1 aromatic carbocycles. The highest BCUT2D eigenvalue weighted by Gasteiger charge is 2.37. The zero-order valence-corrected chi connectivity index (χ0v) is 11.9. The lowest BCUT2D eigenvalue weighted by molar-refractivity contribution is -0.482. The molecule has 0 bridgehead atoms. The van der Waals surface area contributed by atoms with E-state index in [9.17, 15) is 14.9 Å². The molecule has 0 amide bonds. The number of nitrogens with two attached hydrogens (primary N) is 1. The molecule has 1 aliphatic rings. The van der Waals surface area contributed by atoms with Crippen molar-refractivity contribution in [2.45, 2.75) is 12.8 Å². The first-order valence-electron chi connectivity index (χ1n) is 6.19. The van der Waals surface area contributed by atoms with E-state index in [1.165, 1.54) is 6.07 Å². The molecule has 112 valence electrons. The molecular weight excluding hydrogens is 300 g/mol. The van der Waals surface area contributed by atoms with E-state index >= 15 is 0 Å². The van der Waals surface area contributed by atoms with Crippen LogP contribution in [-0.4, -0.2) is 24.0 Å². The number of nitrogens with zero attached hydrogens (tertiary/aromatic N) is 1. The Morgan fingerprint density at radius 3 is 2.90 bits per heavy atom. The molecule has 1 aliphatic heterocycles. The van der Waals surface area contributed by atoms with Crippen LogP contribution >= 0.6 is 11.6 Å². The second-order valence-electron chi connectivity index (χ2n) is 4.35. The maximum Gasteiger partial charge on any atom is 0.340 e. The fraction of sp³-hybridized carbons (Fsp3) is 0.308. The minimum Gasteiger partial charge on any atom is -0.462 e. The van der Waals surface area contributed by atoms with Gasteiger partial charge in [-0.3, -0.25) is 10.1 Å². The van der Waals surface area contributed by atoms with Crippen molar-refractivity contribution < 1.29 is 19.2 Å². The van der Waals surface area contributed by atoms with Crippen molar-refractivity contribution in [3.05, 3.63) is 50.4 Å². The summed E-state index contributed by atoms with van der Waals surface area (Å²) >= 11 is 5.91. The van der Waals surface area contributed by atoms with Gasteiger partial charge in [-0.15, -0.1) is 0 Å². The van der Waals surface area contributed by atoms with Crippen LogP contribution in [-0.2, 0) is 9.53 Å². The Hall–Kier alpha value is -2.28. The summed E-state index contributed by atoms with van der Waals surface area (Å²) in [6.07, 6.45) is 0. The number of carbonyl (C=O) groups is 1. The molecule has 1 aromatic rings. The fourth-order valence-electron chi connectivity index (χ4n) is 2.18. The smallest absolute Gasteiger partial charge is 0.340 e. The molecule has 2 N–H and O–H groups in total. The van der Waals surface area contributed by atoms with Crippen LogP contribution in [0.1, 0.15) is 18.4 Å². The molecule has 1 heterocycles. The highest BCUT2D eigenvalue weighted by molar-refractivity contribution is 6.30. The van der Waals surface area contributed by atoms with Gasteiger partial charge in [0.2, 0.25) is 12.4 Å². The Morgan fingerprint density at radius 2 is 2.29 bits per heavy atom. The summed E-state index contributed by atoms with van der Waals surface area (Å²) in [5, 5.41) is 11.3. The van der Waals surface area contributed by atoms with Gasteiger partial charge in [-0.25, -0.2) is 4.79 Å². The summed E-state index contributed by atoms with van der Waals surface area (Å²) in [6, 6.07) is 4.66. The zero-order chi connectivity index (χ0) is 15.6. The first-order valence-corrected chi connectivity index (χ1v) is 6.57. The number of benzene rings is 1. The van der Waals surface area contributed by atoms with Crippen LogP contribution in [0.4, 0.5) is 0 Å². The van der Waals surface area contributed by atoms with Crippen LogP contribution in [0.15, 0.2) is 29.7 Å². The van der Waals surface area contributed by atoms with E-state index in [4.69, 9.17) is 26.8 Å². The Balaban J connectivity index is 2.52. The lowest BCUT2D eigenvalue weighted by atomic mass is 9.88. The van der Waals surface area contributed by atoms with E-state index in [1.54, 1.807) is 19.1 Å². The largest absolute Gasteiger partial charge is 0.462 e. The third-order valence-electron chi connectivity index (χ3n) is 3.01. The molecule has 21 heavy (non-hydrogen) atoms. The van der Waals surface area contributed by atoms with Crippen LogP contribution in [0.3, 0.4) is 0 Å². The van der Waals surface area contributed by atoms with Gasteiger partial charge in [0, 0.05) is 15.5 Å². The predicted octanol–water partition coefficient (Wildman–Crippen LogP) is 1.83. The third kappa shape index (κ3) is 3.08. The lowest BCUT2D eigenvalue weighted by Crippen LogP contribution is -2.30. The zero-order valence-electron chi connectivity index (χ0n) is 11.2. The lowest BCUT2D eigenvalue weighted by Gasteiger charge is -2.25. The fourth-order valence-corrected chi connectivity index (χ4v) is 2.36. The van der Waals surface area contributed by atoms with Crippen LogP contribution in [0.2, 0.25) is 5.02 Å². The summed E-state index contributed by atoms with van der Waals surface area (Å²) in [6.45, 7) is 1.25. The van der Waals surface area contributed by atoms with E-state index in [-0.39, 0.29) is 18.1 Å². The Morgan fingerprint density at radius 1 is 1.57 bits per heavy atom. The molecule has 0 fully saturated rings. The average Bonchev–Trinajstić information content (AvgIpc) is 2.39. The van der Waals surface area contributed by atoms with Crippen molar-refractivity contribution in [2.75, 3.05) is 13.2 Å². The predicted molar refractivity (Wildman–Crippen MR) is 74.5 cm³/mol. The third-order valence-corrected chi connectivity index (χ3v) is 3.24. The first kappa shape index (κ1) is 15.1. The Bertz CT molecular complexity index is 629. The Kier molecular flexibility index (Phi) is 4.32. The van der Waals surface area contributed by atoms with E-state index < -0.39 is 23.4 Å². The van der Waals surface area contributed by atoms with Crippen molar-refractivity contribution in [1.82, 2.24) is 0 Å². The molecule has 0 radical (unpaired) electrons. The van der Waals surface area contributed by atoms with Gasteiger partial charge >= 0.3 is 5.97 Å². The van der Waals surface area contributed by atoms with E-state index in [0.717, 1.165) is 0 Å². The molecule has 7 nitrogen and oxygen atoms in total. The van der Waals surface area contributed by atoms with Gasteiger partial charge in [-0.05, 0) is 25.1 Å². The second-order valence-corrected chi connectivity index (χ2v) is 4.79. The normalized spacial score (nSPS) is 17.0. The highest BCUT2D eigenvalue weighted by atomic mass is 35.5. The molecule has 1 unspecified atom stereocenters. The summed E-state index contributed by atoms with van der Waals surface area (Å²) in [4.78, 5) is 22.4. The molecule has 2 rings (SSSR count). The number of nitro groups is 1. The van der Waals surface area contributed by atoms with Crippen LogP contribution in [0, 0.1) is 10.1 Å². The number of hydrogen-bond acceptors (Lipinski definition) is 6. The molecule has 8 heteroatoms. The maximum absolute atomic E-state index is 12.0. The van der Waals surface area contributed by atoms with E-state index in [2.05, 4.69) is 0 Å². The van der Waals surface area contributed by atoms with Gasteiger partial charge in [0.15, 0.2) is 0 Å². The molecule has 0 spiro atoms. The standard InChI is InChI=1S/C13H13ClN2O5/c1-2-20-13(17)11-9(6-16(18)19)8-5-7(14)3-4-10(8)21-12(11)15/h3-5,9H,2,6,15H2,1H3. The summed E-state index contributed by atoms with van der Waals surface area (Å²) in [5.74, 6) is -1.43. The van der Waals surface area contributed by atoms with Gasteiger partial charge in [0.05, 0.1) is 12.5 Å². The van der Waals surface area contributed by atoms with Gasteiger partial charge in [0.1, 0.15) is 11.3 Å². The van der Waals surface area contributed by atoms with Crippen LogP contribution in [0.5, 0.6) is 5.75 Å². The number of rotatable bonds is 4. The van der Waals surface area contributed by atoms with Gasteiger partial charge in [-0.2, -0.15) is 0 Å². The van der Waals surface area contributed by atoms with Gasteiger partial charge in [-0.1, -0.05) is 11.6 Å². The minimum absolute atomic E-state index is 0.0525. The van der Waals surface area contributed by atoms with Crippen molar-refractivity contribution >= 4 is 17.6 Å². The number of halogens is 1.